The summed E-state index contributed by atoms with van der Waals surface area (Å²) >= 11 is 0. The molecule has 0 spiro atoms. The zero-order valence-electron chi connectivity index (χ0n) is 12.0. The third kappa shape index (κ3) is 2.81. The Balaban J connectivity index is 3.26. The zero-order valence-corrected chi connectivity index (χ0v) is 12.0. The first kappa shape index (κ1) is 14.5. The molecule has 0 saturated heterocycles. The summed E-state index contributed by atoms with van der Waals surface area (Å²) in [6, 6.07) is 1.91. The summed E-state index contributed by atoms with van der Waals surface area (Å²) in [4.78, 5) is 17.5. The van der Waals surface area contributed by atoms with Gasteiger partial charge in [0.05, 0.1) is 0 Å². The molecule has 4 nitrogen and oxygen atoms in total. The van der Waals surface area contributed by atoms with Crippen molar-refractivity contribution >= 4 is 11.8 Å². The van der Waals surface area contributed by atoms with Crippen LogP contribution >= 0.6 is 0 Å². The van der Waals surface area contributed by atoms with Crippen LogP contribution in [0.15, 0.2) is 12.3 Å². The van der Waals surface area contributed by atoms with Crippen LogP contribution < -0.4 is 4.90 Å². The minimum Gasteiger partial charge on any atom is -0.478 e. The highest BCUT2D eigenvalue weighted by Crippen LogP contribution is 2.29. The first-order chi connectivity index (χ1) is 8.16. The van der Waals surface area contributed by atoms with Crippen LogP contribution in [-0.4, -0.2) is 29.1 Å². The number of aryl methyl sites for hydroxylation is 1. The second kappa shape index (κ2) is 4.96. The SMILES string of the molecule is Cc1ccnc(N(C)C(C)C(C)(C)C)c1C(=O)O. The molecule has 0 aromatic carbocycles. The first-order valence-electron chi connectivity index (χ1n) is 6.08. The lowest BCUT2D eigenvalue weighted by atomic mass is 9.87. The molecule has 18 heavy (non-hydrogen) atoms. The van der Waals surface area contributed by atoms with Crippen LogP contribution in [0.2, 0.25) is 0 Å². The Labute approximate surface area is 109 Å². The van der Waals surface area contributed by atoms with E-state index in [2.05, 4.69) is 32.7 Å². The van der Waals surface area contributed by atoms with Crippen molar-refractivity contribution in [1.29, 1.82) is 0 Å². The molecule has 1 aromatic heterocycles. The Morgan fingerprint density at radius 3 is 2.44 bits per heavy atom. The molecule has 0 saturated carbocycles. The van der Waals surface area contributed by atoms with E-state index < -0.39 is 5.97 Å². The van der Waals surface area contributed by atoms with Gasteiger partial charge in [-0.05, 0) is 30.9 Å². The predicted octanol–water partition coefficient (Wildman–Crippen LogP) is 2.96. The van der Waals surface area contributed by atoms with Crippen molar-refractivity contribution in [2.24, 2.45) is 5.41 Å². The average Bonchev–Trinajstić information content (AvgIpc) is 2.24. The molecule has 1 unspecified atom stereocenters. The monoisotopic (exact) mass is 250 g/mol. The van der Waals surface area contributed by atoms with Crippen molar-refractivity contribution in [2.75, 3.05) is 11.9 Å². The van der Waals surface area contributed by atoms with Gasteiger partial charge in [0, 0.05) is 19.3 Å². The number of anilines is 1. The molecule has 0 amide bonds. The summed E-state index contributed by atoms with van der Waals surface area (Å²) in [5.74, 6) is -0.395. The fourth-order valence-electron chi connectivity index (χ4n) is 1.84. The first-order valence-corrected chi connectivity index (χ1v) is 6.08. The maximum Gasteiger partial charge on any atom is 0.339 e. The zero-order chi connectivity index (χ0) is 14.1. The van der Waals surface area contributed by atoms with Crippen molar-refractivity contribution < 1.29 is 9.90 Å². The number of aromatic carboxylic acids is 1. The van der Waals surface area contributed by atoms with E-state index in [0.29, 0.717) is 5.82 Å². The molecule has 100 valence electrons. The third-order valence-corrected chi connectivity index (χ3v) is 3.52. The molecule has 0 fully saturated rings. The summed E-state index contributed by atoms with van der Waals surface area (Å²) < 4.78 is 0. The van der Waals surface area contributed by atoms with E-state index in [-0.39, 0.29) is 17.0 Å². The molecular weight excluding hydrogens is 228 g/mol. The second-order valence-electron chi connectivity index (χ2n) is 5.78. The normalized spacial score (nSPS) is 13.2. The van der Waals surface area contributed by atoms with E-state index in [4.69, 9.17) is 0 Å². The van der Waals surface area contributed by atoms with E-state index in [1.54, 1.807) is 19.2 Å². The van der Waals surface area contributed by atoms with Gasteiger partial charge in [-0.2, -0.15) is 0 Å². The Hall–Kier alpha value is -1.58. The Kier molecular flexibility index (Phi) is 3.99. The standard InChI is InChI=1S/C14H22N2O2/c1-9-7-8-15-12(11(9)13(17)18)16(6)10(2)14(3,4)5/h7-8,10H,1-6H3,(H,17,18). The largest absolute Gasteiger partial charge is 0.478 e. The Morgan fingerprint density at radius 2 is 2.00 bits per heavy atom. The smallest absolute Gasteiger partial charge is 0.339 e. The van der Waals surface area contributed by atoms with Gasteiger partial charge in [0.2, 0.25) is 0 Å². The maximum absolute atomic E-state index is 11.4. The Bertz CT molecular complexity index is 450. The topological polar surface area (TPSA) is 53.4 Å². The number of rotatable bonds is 3. The fraction of sp³-hybridized carbons (Fsp3) is 0.571. The van der Waals surface area contributed by atoms with Crippen molar-refractivity contribution in [3.63, 3.8) is 0 Å². The van der Waals surface area contributed by atoms with Crippen molar-refractivity contribution in [3.8, 4) is 0 Å². The summed E-state index contributed by atoms with van der Waals surface area (Å²) in [5, 5.41) is 9.31. The molecule has 0 aliphatic carbocycles. The van der Waals surface area contributed by atoms with Crippen molar-refractivity contribution in [2.45, 2.75) is 40.7 Å². The molecule has 1 aromatic rings. The van der Waals surface area contributed by atoms with Gasteiger partial charge in [-0.3, -0.25) is 0 Å². The molecule has 1 N–H and O–H groups in total. The quantitative estimate of drug-likeness (QED) is 0.896. The van der Waals surface area contributed by atoms with Crippen LogP contribution in [0.1, 0.15) is 43.6 Å². The molecular formula is C14H22N2O2. The molecule has 4 heteroatoms. The molecule has 0 aliphatic heterocycles. The highest BCUT2D eigenvalue weighted by atomic mass is 16.4. The van der Waals surface area contributed by atoms with Gasteiger partial charge in [0.1, 0.15) is 11.4 Å². The number of nitrogens with zero attached hydrogens (tertiary/aromatic N) is 2. The van der Waals surface area contributed by atoms with E-state index in [0.717, 1.165) is 5.56 Å². The number of pyridine rings is 1. The molecule has 1 heterocycles. The molecule has 1 rings (SSSR count). The van der Waals surface area contributed by atoms with Crippen LogP contribution in [0.25, 0.3) is 0 Å². The van der Waals surface area contributed by atoms with Crippen LogP contribution in [0, 0.1) is 12.3 Å². The predicted molar refractivity (Wildman–Crippen MR) is 73.3 cm³/mol. The summed E-state index contributed by atoms with van der Waals surface area (Å²) in [6.45, 7) is 10.3. The van der Waals surface area contributed by atoms with Crippen molar-refractivity contribution in [3.05, 3.63) is 23.4 Å². The van der Waals surface area contributed by atoms with E-state index in [1.807, 2.05) is 11.9 Å². The van der Waals surface area contributed by atoms with E-state index in [9.17, 15) is 9.90 Å². The summed E-state index contributed by atoms with van der Waals surface area (Å²) in [5.41, 5.74) is 1.08. The van der Waals surface area contributed by atoms with Crippen LogP contribution in [0.3, 0.4) is 0 Å². The van der Waals surface area contributed by atoms with Crippen molar-refractivity contribution in [1.82, 2.24) is 4.98 Å². The molecule has 0 bridgehead atoms. The molecule has 0 radical (unpaired) electrons. The van der Waals surface area contributed by atoms with Crippen LogP contribution in [0.5, 0.6) is 0 Å². The lowest BCUT2D eigenvalue weighted by Crippen LogP contribution is -2.40. The van der Waals surface area contributed by atoms with E-state index in [1.165, 1.54) is 0 Å². The van der Waals surface area contributed by atoms with Gasteiger partial charge in [-0.25, -0.2) is 9.78 Å². The second-order valence-corrected chi connectivity index (χ2v) is 5.78. The third-order valence-electron chi connectivity index (χ3n) is 3.52. The van der Waals surface area contributed by atoms with Crippen LogP contribution in [0.4, 0.5) is 5.82 Å². The minimum absolute atomic E-state index is 0.0515. The number of carboxylic acid groups (broad SMARTS) is 1. The van der Waals surface area contributed by atoms with Gasteiger partial charge in [0.25, 0.3) is 0 Å². The minimum atomic E-state index is -0.927. The maximum atomic E-state index is 11.4. The van der Waals surface area contributed by atoms with E-state index >= 15 is 0 Å². The highest BCUT2D eigenvalue weighted by Gasteiger charge is 2.27. The number of hydrogen-bond acceptors (Lipinski definition) is 3. The molecule has 0 aliphatic rings. The van der Waals surface area contributed by atoms with Gasteiger partial charge in [0.15, 0.2) is 0 Å². The summed E-state index contributed by atoms with van der Waals surface area (Å²) in [7, 11) is 1.89. The highest BCUT2D eigenvalue weighted by molar-refractivity contribution is 5.95. The fourth-order valence-corrected chi connectivity index (χ4v) is 1.84. The summed E-state index contributed by atoms with van der Waals surface area (Å²) in [6.07, 6.45) is 1.66. The average molecular weight is 250 g/mol. The number of carbonyl (C=O) groups is 1. The number of carboxylic acids is 1. The van der Waals surface area contributed by atoms with Gasteiger partial charge in [-0.1, -0.05) is 20.8 Å². The number of hydrogen-bond donors (Lipinski definition) is 1. The lowest BCUT2D eigenvalue weighted by molar-refractivity contribution is 0.0696. The van der Waals surface area contributed by atoms with Crippen LogP contribution in [-0.2, 0) is 0 Å². The Morgan fingerprint density at radius 1 is 1.44 bits per heavy atom. The lowest BCUT2D eigenvalue weighted by Gasteiger charge is -2.36. The number of aromatic nitrogens is 1. The van der Waals surface area contributed by atoms with Gasteiger partial charge < -0.3 is 10.0 Å². The van der Waals surface area contributed by atoms with Gasteiger partial charge in [-0.15, -0.1) is 0 Å². The van der Waals surface area contributed by atoms with Gasteiger partial charge >= 0.3 is 5.97 Å². The molecule has 1 atom stereocenters.